The summed E-state index contributed by atoms with van der Waals surface area (Å²) in [6.45, 7) is 2.22. The van der Waals surface area contributed by atoms with Crippen molar-refractivity contribution in [3.05, 3.63) is 114 Å². The molecule has 0 aliphatic heterocycles. The Hall–Kier alpha value is -4.04. The fourth-order valence-corrected chi connectivity index (χ4v) is 5.05. The van der Waals surface area contributed by atoms with E-state index in [9.17, 15) is 0 Å². The molecule has 0 bridgehead atoms. The van der Waals surface area contributed by atoms with Crippen molar-refractivity contribution in [1.82, 2.24) is 9.97 Å². The molecule has 6 aromatic rings. The zero-order valence-electron chi connectivity index (χ0n) is 18.6. The van der Waals surface area contributed by atoms with E-state index < -0.39 is 0 Å². The maximum atomic E-state index is 4.91. The molecule has 0 aliphatic rings. The number of rotatable bonds is 4. The van der Waals surface area contributed by atoms with Gasteiger partial charge in [0.15, 0.2) is 0 Å². The van der Waals surface area contributed by atoms with Gasteiger partial charge in [-0.1, -0.05) is 66.7 Å². The molecule has 6 rings (SSSR count). The van der Waals surface area contributed by atoms with Crippen LogP contribution in [0.15, 0.2) is 97.3 Å². The molecule has 0 N–H and O–H groups in total. The number of aryl methyl sites for hydroxylation is 2. The molecule has 0 atom stereocenters. The van der Waals surface area contributed by atoms with E-state index in [1.807, 2.05) is 24.5 Å². The normalized spacial score (nSPS) is 12.2. The van der Waals surface area contributed by atoms with Gasteiger partial charge in [-0.25, -0.2) is 0 Å². The minimum atomic E-state index is 0.904. The fourth-order valence-electron chi connectivity index (χ4n) is 5.05. The van der Waals surface area contributed by atoms with E-state index in [-0.39, 0.29) is 0 Å². The molecule has 33 heavy (non-hydrogen) atoms. The maximum Gasteiger partial charge on any atom is 0.0706 e. The quantitative estimate of drug-likeness (QED) is 0.224. The van der Waals surface area contributed by atoms with E-state index in [0.717, 1.165) is 29.8 Å². The monoisotopic (exact) mass is 424 g/mol. The average molecular weight is 425 g/mol. The molecule has 2 heteroatoms. The van der Waals surface area contributed by atoms with Gasteiger partial charge < -0.3 is 0 Å². The van der Waals surface area contributed by atoms with Gasteiger partial charge in [-0.05, 0) is 87.1 Å². The number of hydrogen-bond donors (Lipinski definition) is 0. The summed E-state index contributed by atoms with van der Waals surface area (Å²) in [6.07, 6.45) is 7.89. The average Bonchev–Trinajstić information content (AvgIpc) is 2.87. The lowest BCUT2D eigenvalue weighted by Gasteiger charge is -2.13. The highest BCUT2D eigenvalue weighted by Gasteiger charge is 2.10. The summed E-state index contributed by atoms with van der Waals surface area (Å²) in [7, 11) is 0. The molecule has 0 radical (unpaired) electrons. The van der Waals surface area contributed by atoms with Gasteiger partial charge in [0.25, 0.3) is 0 Å². The van der Waals surface area contributed by atoms with Crippen LogP contribution in [0.2, 0.25) is 0 Å². The van der Waals surface area contributed by atoms with Crippen molar-refractivity contribution >= 4 is 38.4 Å². The number of aromatic nitrogens is 2. The minimum absolute atomic E-state index is 0.904. The number of benzene rings is 4. The number of pyridine rings is 2. The molecule has 0 fully saturated rings. The van der Waals surface area contributed by atoms with E-state index >= 15 is 0 Å². The molecule has 158 valence electrons. The zero-order valence-corrected chi connectivity index (χ0v) is 18.6. The number of fused-ring (bicyclic) bond motifs is 2. The van der Waals surface area contributed by atoms with Gasteiger partial charge in [0.05, 0.1) is 5.69 Å². The predicted molar refractivity (Wildman–Crippen MR) is 139 cm³/mol. The Morgan fingerprint density at radius 1 is 0.697 bits per heavy atom. The van der Waals surface area contributed by atoms with Crippen molar-refractivity contribution in [1.29, 1.82) is 0 Å². The van der Waals surface area contributed by atoms with Gasteiger partial charge in [-0.15, -0.1) is 0 Å². The van der Waals surface area contributed by atoms with Crippen LogP contribution in [0.1, 0.15) is 17.7 Å². The SMILES string of the molecule is Cc1cccc2c1/c(=C\CCc1cccc(-c3ccncc3)n1)c1cccc3cccc2c31. The van der Waals surface area contributed by atoms with Crippen LogP contribution in [0, 0.1) is 6.92 Å². The maximum absolute atomic E-state index is 4.91. The van der Waals surface area contributed by atoms with E-state index in [1.54, 1.807) is 0 Å². The Labute approximate surface area is 193 Å². The van der Waals surface area contributed by atoms with Gasteiger partial charge in [-0.2, -0.15) is 0 Å². The molecule has 4 aromatic carbocycles. The van der Waals surface area contributed by atoms with Crippen LogP contribution in [-0.2, 0) is 6.42 Å². The summed E-state index contributed by atoms with van der Waals surface area (Å²) >= 11 is 0. The van der Waals surface area contributed by atoms with Crippen LogP contribution >= 0.6 is 0 Å². The second kappa shape index (κ2) is 8.14. The molecular weight excluding hydrogens is 400 g/mol. The van der Waals surface area contributed by atoms with E-state index in [4.69, 9.17) is 4.98 Å². The summed E-state index contributed by atoms with van der Waals surface area (Å²) in [5.74, 6) is 0. The Balaban J connectivity index is 1.47. The van der Waals surface area contributed by atoms with Gasteiger partial charge in [0, 0.05) is 23.7 Å². The highest BCUT2D eigenvalue weighted by Crippen LogP contribution is 2.31. The molecule has 0 spiro atoms. The molecule has 0 saturated heterocycles. The fraction of sp³-hybridized carbons (Fsp3) is 0.0968. The highest BCUT2D eigenvalue weighted by molar-refractivity contribution is 6.22. The smallest absolute Gasteiger partial charge is 0.0706 e. The summed E-state index contributed by atoms with van der Waals surface area (Å²) in [5, 5.41) is 9.38. The van der Waals surface area contributed by atoms with Crippen LogP contribution < -0.4 is 5.22 Å². The number of nitrogens with zero attached hydrogens (tertiary/aromatic N) is 2. The van der Waals surface area contributed by atoms with Gasteiger partial charge in [-0.3, -0.25) is 9.97 Å². The molecule has 2 aromatic heterocycles. The topological polar surface area (TPSA) is 25.8 Å². The van der Waals surface area contributed by atoms with Crippen LogP contribution in [-0.4, -0.2) is 9.97 Å². The first kappa shape index (κ1) is 19.6. The first-order valence-electron chi connectivity index (χ1n) is 11.5. The lowest BCUT2D eigenvalue weighted by Crippen LogP contribution is -2.07. The first-order valence-corrected chi connectivity index (χ1v) is 11.5. The Bertz CT molecular complexity index is 1660. The third-order valence-corrected chi connectivity index (χ3v) is 6.56. The minimum Gasteiger partial charge on any atom is -0.265 e. The zero-order chi connectivity index (χ0) is 22.2. The lowest BCUT2D eigenvalue weighted by atomic mass is 9.91. The Kier molecular flexibility index (Phi) is 4.84. The third kappa shape index (κ3) is 3.44. The van der Waals surface area contributed by atoms with Gasteiger partial charge in [0.1, 0.15) is 0 Å². The van der Waals surface area contributed by atoms with Crippen molar-refractivity contribution in [3.63, 3.8) is 0 Å². The van der Waals surface area contributed by atoms with Gasteiger partial charge in [0.2, 0.25) is 0 Å². The van der Waals surface area contributed by atoms with E-state index in [1.165, 1.54) is 43.1 Å². The molecular formula is C31H24N2. The molecule has 0 aliphatic carbocycles. The number of hydrogen-bond acceptors (Lipinski definition) is 2. The molecule has 0 unspecified atom stereocenters. The van der Waals surface area contributed by atoms with Crippen LogP contribution in [0.4, 0.5) is 0 Å². The van der Waals surface area contributed by atoms with Crippen LogP contribution in [0.5, 0.6) is 0 Å². The summed E-state index contributed by atoms with van der Waals surface area (Å²) in [4.78, 5) is 9.02. The van der Waals surface area contributed by atoms with Crippen molar-refractivity contribution in [3.8, 4) is 11.3 Å². The standard InChI is InChI=1S/C31H24N2/c1-21-7-2-12-25-27-13-3-8-23-9-4-14-28(31(23)27)26(30(21)25)15-5-10-24-11-6-16-29(33-24)22-17-19-32-20-18-22/h2-4,6-9,11-20H,5,10H2,1H3/b26-15-. The Morgan fingerprint density at radius 2 is 1.39 bits per heavy atom. The highest BCUT2D eigenvalue weighted by atomic mass is 14.7. The summed E-state index contributed by atoms with van der Waals surface area (Å²) < 4.78 is 0. The van der Waals surface area contributed by atoms with Crippen molar-refractivity contribution in [2.45, 2.75) is 19.8 Å². The Morgan fingerprint density at radius 3 is 2.21 bits per heavy atom. The first-order chi connectivity index (χ1) is 16.3. The third-order valence-electron chi connectivity index (χ3n) is 6.56. The molecule has 2 nitrogen and oxygen atoms in total. The van der Waals surface area contributed by atoms with E-state index in [2.05, 4.69) is 90.8 Å². The molecule has 0 amide bonds. The summed E-state index contributed by atoms with van der Waals surface area (Å²) in [5.41, 5.74) is 4.54. The summed E-state index contributed by atoms with van der Waals surface area (Å²) in [6, 6.07) is 30.3. The second-order valence-electron chi connectivity index (χ2n) is 8.61. The van der Waals surface area contributed by atoms with Crippen molar-refractivity contribution in [2.75, 3.05) is 0 Å². The molecule has 2 heterocycles. The van der Waals surface area contributed by atoms with Gasteiger partial charge >= 0.3 is 0 Å². The van der Waals surface area contributed by atoms with Crippen LogP contribution in [0.3, 0.4) is 0 Å². The molecule has 0 saturated carbocycles. The van der Waals surface area contributed by atoms with Crippen LogP contribution in [0.25, 0.3) is 49.7 Å². The largest absolute Gasteiger partial charge is 0.265 e. The van der Waals surface area contributed by atoms with Crippen molar-refractivity contribution < 1.29 is 0 Å². The lowest BCUT2D eigenvalue weighted by molar-refractivity contribution is 0.972. The predicted octanol–water partition coefficient (Wildman–Crippen LogP) is 7.04. The second-order valence-corrected chi connectivity index (χ2v) is 8.61. The van der Waals surface area contributed by atoms with Crippen molar-refractivity contribution in [2.24, 2.45) is 0 Å². The van der Waals surface area contributed by atoms with E-state index in [0.29, 0.717) is 0 Å².